The van der Waals surface area contributed by atoms with E-state index in [0.717, 1.165) is 185 Å². The van der Waals surface area contributed by atoms with Gasteiger partial charge in [-0.2, -0.15) is 15.8 Å². The van der Waals surface area contributed by atoms with Crippen molar-refractivity contribution >= 4 is 65.4 Å². The molecule has 9 heterocycles. The van der Waals surface area contributed by atoms with Crippen molar-refractivity contribution < 1.29 is 23.7 Å². The van der Waals surface area contributed by atoms with Gasteiger partial charge in [-0.05, 0) is 191 Å². The summed E-state index contributed by atoms with van der Waals surface area (Å²) in [7, 11) is -0.513. The van der Waals surface area contributed by atoms with E-state index in [2.05, 4.69) is 102 Å². The Bertz CT molecular complexity index is 4150. The Labute approximate surface area is 585 Å². The summed E-state index contributed by atoms with van der Waals surface area (Å²) in [6, 6.07) is 17.4. The van der Waals surface area contributed by atoms with Crippen LogP contribution in [0.2, 0.25) is 5.15 Å². The molecule has 5 aromatic heterocycles. The lowest BCUT2D eigenvalue weighted by Gasteiger charge is -2.43. The fraction of sp³-hybridized carbons (Fsp3) is 0.592. The zero-order valence-corrected chi connectivity index (χ0v) is 58.3. The molecule has 0 bridgehead atoms. The molecule has 9 saturated carbocycles. The lowest BCUT2D eigenvalue weighted by Crippen LogP contribution is -2.57. The first-order chi connectivity index (χ1) is 48.0. The molecule has 4 aliphatic heterocycles. The quantitative estimate of drug-likeness (QED) is 0.0657. The minimum atomic E-state index is -0.513. The van der Waals surface area contributed by atoms with E-state index in [4.69, 9.17) is 35.9 Å². The molecule has 0 N–H and O–H groups in total. The SMILES string of the molecule is C=Cc1cc(-c2cc(C#N)c(N3CCN(C(=O)C4CC4)[C@H](C4CC4)C3)nc2C2CC2)ncn1.CC1(C)OB(c2cc(C#N)c(N3CCN(C(=O)C4CC4)[C@H](C4CC4)C3)nc2C2CC2)OC1(C)C.N#Cc1cc(-c2cc(Cl)ncn2)c(C2CC2)nc1N1CCN(C(=O)C2CC2)[C@H](C2CC2)C1. The molecule has 4 saturated heterocycles. The number of carbonyl (C=O) groups excluding carboxylic acids is 3. The average molecular weight is 1350 g/mol. The Kier molecular flexibility index (Phi) is 17.3. The largest absolute Gasteiger partial charge is 0.496 e. The summed E-state index contributed by atoms with van der Waals surface area (Å²) >= 11 is 6.11. The smallest absolute Gasteiger partial charge is 0.399 e. The van der Waals surface area contributed by atoms with Gasteiger partial charge in [0.15, 0.2) is 0 Å². The van der Waals surface area contributed by atoms with Gasteiger partial charge in [-0.1, -0.05) is 18.2 Å². The molecule has 5 aromatic rings. The number of carbonyl (C=O) groups is 3. The molecule has 13 aliphatic rings. The summed E-state index contributed by atoms with van der Waals surface area (Å²) in [5.41, 5.74) is 8.81. The monoisotopic (exact) mass is 1350 g/mol. The minimum absolute atomic E-state index is 0.231. The molecule has 13 fully saturated rings. The maximum Gasteiger partial charge on any atom is 0.496 e. The van der Waals surface area contributed by atoms with Crippen LogP contribution < -0.4 is 20.2 Å². The molecule has 512 valence electrons. The topological polar surface area (TPSA) is 251 Å². The Morgan fingerprint density at radius 3 is 1.21 bits per heavy atom. The Morgan fingerprint density at radius 1 is 0.495 bits per heavy atom. The number of hydrogen-bond donors (Lipinski definition) is 0. The Balaban J connectivity index is 0.000000116. The fourth-order valence-corrected chi connectivity index (χ4v) is 15.6. The number of aromatic nitrogens is 7. The van der Waals surface area contributed by atoms with Crippen LogP contribution in [0.15, 0.2) is 49.6 Å². The number of amides is 3. The van der Waals surface area contributed by atoms with Gasteiger partial charge in [-0.3, -0.25) is 14.4 Å². The zero-order chi connectivity index (χ0) is 68.2. The lowest BCUT2D eigenvalue weighted by molar-refractivity contribution is -0.136. The van der Waals surface area contributed by atoms with E-state index in [0.29, 0.717) is 93.9 Å². The van der Waals surface area contributed by atoms with E-state index in [-0.39, 0.29) is 35.9 Å². The predicted octanol–water partition coefficient (Wildman–Crippen LogP) is 10.5. The normalized spacial score (nSPS) is 24.7. The van der Waals surface area contributed by atoms with E-state index in [1.807, 2.05) is 24.3 Å². The van der Waals surface area contributed by atoms with E-state index in [9.17, 15) is 30.2 Å². The van der Waals surface area contributed by atoms with Gasteiger partial charge < -0.3 is 38.7 Å². The first kappa shape index (κ1) is 65.5. The standard InChI is InChI=1S/C26H35BN4O3.C26H28N6O.C24H25ClN6O/c1-25(2)26(3,4)34-27(33-25)20-13-19(14-28)23(29-22(20)17-7-8-17)30-11-12-31(24(32)18-9-10-18)21(15-30)16-5-6-16;1-2-20-12-22(29-15-28-20)21-11-19(13-27)25(30-24(21)17-5-6-17)31-9-10-32(26(33)18-7-8-18)23(14-31)16-3-4-16;25-21-10-19(27-13-28-21)18-9-17(11-26)23(29-22(18)15-3-4-15)30-7-8-31(24(32)16-5-6-16)20(12-30)14-1-2-14/h13,16-18,21H,5-12,15H2,1-4H3;2,11-12,15-18,23H,1,3-10,14H2;9-10,13-16,20H,1-8,12H2/t21-;23-;20-/m000/s1. The van der Waals surface area contributed by atoms with Gasteiger partial charge in [0.1, 0.15) is 53.5 Å². The van der Waals surface area contributed by atoms with Crippen molar-refractivity contribution in [3.63, 3.8) is 0 Å². The highest BCUT2D eigenvalue weighted by Crippen LogP contribution is 2.50. The molecule has 9 aliphatic carbocycles. The summed E-state index contributed by atoms with van der Waals surface area (Å²) in [5.74, 6) is 7.02. The zero-order valence-electron chi connectivity index (χ0n) is 57.5. The number of nitriles is 3. The molecule has 99 heavy (non-hydrogen) atoms. The van der Waals surface area contributed by atoms with Gasteiger partial charge in [-0.25, -0.2) is 34.9 Å². The molecule has 23 heteroatoms. The maximum absolute atomic E-state index is 12.9. The van der Waals surface area contributed by atoms with Crippen LogP contribution in [0.3, 0.4) is 0 Å². The highest BCUT2D eigenvalue weighted by Gasteiger charge is 2.54. The molecule has 21 nitrogen and oxygen atoms in total. The number of halogens is 1. The predicted molar refractivity (Wildman–Crippen MR) is 375 cm³/mol. The summed E-state index contributed by atoms with van der Waals surface area (Å²) in [5, 5.41) is 30.5. The van der Waals surface area contributed by atoms with E-state index >= 15 is 0 Å². The molecule has 3 amide bonds. The molecule has 0 spiro atoms. The molecular weight excluding hydrogens is 1260 g/mol. The van der Waals surface area contributed by atoms with Crippen LogP contribution in [0.5, 0.6) is 0 Å². The molecule has 3 atom stereocenters. The summed E-state index contributed by atoms with van der Waals surface area (Å²) < 4.78 is 12.7. The highest BCUT2D eigenvalue weighted by molar-refractivity contribution is 6.62. The Morgan fingerprint density at radius 2 is 0.859 bits per heavy atom. The van der Waals surface area contributed by atoms with Crippen LogP contribution in [-0.4, -0.2) is 163 Å². The number of pyridine rings is 3. The van der Waals surface area contributed by atoms with Gasteiger partial charge in [0, 0.05) is 123 Å². The number of anilines is 3. The number of nitrogens with zero attached hydrogens (tertiary/aromatic N) is 16. The third kappa shape index (κ3) is 13.7. The van der Waals surface area contributed by atoms with Crippen molar-refractivity contribution in [1.29, 1.82) is 15.8 Å². The van der Waals surface area contributed by atoms with Gasteiger partial charge in [0.25, 0.3) is 0 Å². The first-order valence-electron chi connectivity index (χ1n) is 36.8. The van der Waals surface area contributed by atoms with E-state index in [1.54, 1.807) is 18.5 Å². The summed E-state index contributed by atoms with van der Waals surface area (Å²) in [6.45, 7) is 18.6. The fourth-order valence-electron chi connectivity index (χ4n) is 15.4. The Hall–Kier alpha value is -8.10. The van der Waals surface area contributed by atoms with E-state index < -0.39 is 18.3 Å². The maximum atomic E-state index is 12.9. The van der Waals surface area contributed by atoms with Crippen LogP contribution >= 0.6 is 11.6 Å². The van der Waals surface area contributed by atoms with E-state index in [1.165, 1.54) is 44.9 Å². The number of rotatable bonds is 16. The lowest BCUT2D eigenvalue weighted by atomic mass is 9.76. The first-order valence-corrected chi connectivity index (χ1v) is 37.1. The van der Waals surface area contributed by atoms with Crippen LogP contribution in [-0.2, 0) is 23.7 Å². The summed E-state index contributed by atoms with van der Waals surface area (Å²) in [6.07, 6.45) is 24.7. The van der Waals surface area contributed by atoms with Crippen molar-refractivity contribution in [3.05, 3.63) is 94.2 Å². The van der Waals surface area contributed by atoms with Crippen molar-refractivity contribution in [2.45, 2.75) is 190 Å². The third-order valence-electron chi connectivity index (χ3n) is 23.3. The molecule has 0 aromatic carbocycles. The number of hydrogen-bond acceptors (Lipinski definition) is 18. The van der Waals surface area contributed by atoms with Crippen molar-refractivity contribution in [3.8, 4) is 40.7 Å². The van der Waals surface area contributed by atoms with Crippen LogP contribution in [0.1, 0.15) is 200 Å². The van der Waals surface area contributed by atoms with Gasteiger partial charge in [0.05, 0.1) is 74.5 Å². The second kappa shape index (κ2) is 26.1. The molecule has 18 rings (SSSR count). The molecular formula is C76H88BClN16O5. The van der Waals surface area contributed by atoms with Crippen LogP contribution in [0.25, 0.3) is 28.6 Å². The number of piperazine rings is 3. The van der Waals surface area contributed by atoms with Crippen molar-refractivity contribution in [1.82, 2.24) is 49.6 Å². The minimum Gasteiger partial charge on any atom is -0.399 e. The molecule has 0 unspecified atom stereocenters. The second-order valence-corrected chi connectivity index (χ2v) is 31.8. The summed E-state index contributed by atoms with van der Waals surface area (Å²) in [4.78, 5) is 84.3. The average Bonchev–Trinajstić information content (AvgIpc) is 1.62. The van der Waals surface area contributed by atoms with Crippen molar-refractivity contribution in [2.75, 3.05) is 73.6 Å². The van der Waals surface area contributed by atoms with Crippen molar-refractivity contribution in [2.24, 2.45) is 35.5 Å². The van der Waals surface area contributed by atoms with Gasteiger partial charge in [0.2, 0.25) is 17.7 Å². The second-order valence-electron chi connectivity index (χ2n) is 31.4. The highest BCUT2D eigenvalue weighted by atomic mass is 35.5. The van der Waals surface area contributed by atoms with Gasteiger partial charge >= 0.3 is 7.12 Å². The molecule has 0 radical (unpaired) electrons. The van der Waals surface area contributed by atoms with Crippen LogP contribution in [0.4, 0.5) is 17.5 Å². The third-order valence-corrected chi connectivity index (χ3v) is 23.5. The van der Waals surface area contributed by atoms with Gasteiger partial charge in [-0.15, -0.1) is 0 Å². The van der Waals surface area contributed by atoms with Crippen LogP contribution in [0, 0.1) is 69.5 Å².